The molecule has 3 aromatic rings. The number of para-hydroxylation sites is 1. The van der Waals surface area contributed by atoms with Crippen LogP contribution in [-0.2, 0) is 20.9 Å². The molecular weight excluding hydrogens is 623 g/mol. The van der Waals surface area contributed by atoms with Crippen LogP contribution in [0, 0.1) is 5.82 Å². The van der Waals surface area contributed by atoms with E-state index in [1.54, 1.807) is 62.4 Å². The molecular formula is C32H32ClFN4O6S. The standard InChI is InChI=1S/C32H32ClFN4O6S/c1-4-41-26-15-21(14-24(33)30(26)44-17-20-9-8-10-22(34)13-20)16-35-38-27(39)18-43-25-12-7-6-11-23(25)29-28(31(40)42-5-2)19(3)36-32(45)37-29/h6-16,29H,4-5,17-18H2,1-3H3,(H,38,39)(H2,36,37,45)/t29-/m0/s1. The first-order chi connectivity index (χ1) is 21.7. The third kappa shape index (κ3) is 8.93. The van der Waals surface area contributed by atoms with Crippen molar-refractivity contribution in [2.45, 2.75) is 33.4 Å². The summed E-state index contributed by atoms with van der Waals surface area (Å²) in [6.07, 6.45) is 1.40. The van der Waals surface area contributed by atoms with Gasteiger partial charge >= 0.3 is 5.97 Å². The van der Waals surface area contributed by atoms with Crippen LogP contribution in [0.2, 0.25) is 5.02 Å². The molecule has 45 heavy (non-hydrogen) atoms. The fourth-order valence-corrected chi connectivity index (χ4v) is 5.00. The number of carbonyl (C=O) groups excluding carboxylic acids is 2. The van der Waals surface area contributed by atoms with Crippen LogP contribution in [0.4, 0.5) is 4.39 Å². The molecule has 1 heterocycles. The van der Waals surface area contributed by atoms with Crippen LogP contribution in [0.1, 0.15) is 43.5 Å². The van der Waals surface area contributed by atoms with Crippen molar-refractivity contribution in [3.05, 3.63) is 99.5 Å². The summed E-state index contributed by atoms with van der Waals surface area (Å²) in [7, 11) is 0. The van der Waals surface area contributed by atoms with Gasteiger partial charge in [0, 0.05) is 11.3 Å². The summed E-state index contributed by atoms with van der Waals surface area (Å²) in [5, 5.41) is 10.6. The van der Waals surface area contributed by atoms with Gasteiger partial charge in [0.05, 0.1) is 36.1 Å². The lowest BCUT2D eigenvalue weighted by Crippen LogP contribution is -2.45. The van der Waals surface area contributed by atoms with Crippen molar-refractivity contribution in [3.8, 4) is 17.2 Å². The Labute approximate surface area is 270 Å². The summed E-state index contributed by atoms with van der Waals surface area (Å²) in [5.74, 6) is -0.353. The number of nitrogens with zero attached hydrogens (tertiary/aromatic N) is 1. The van der Waals surface area contributed by atoms with Gasteiger partial charge in [-0.25, -0.2) is 14.6 Å². The number of nitrogens with one attached hydrogen (secondary N) is 3. The van der Waals surface area contributed by atoms with Crippen molar-refractivity contribution >= 4 is 47.0 Å². The van der Waals surface area contributed by atoms with Gasteiger partial charge < -0.3 is 29.6 Å². The summed E-state index contributed by atoms with van der Waals surface area (Å²) in [5.41, 5.74) is 5.10. The molecule has 1 amide bonds. The SMILES string of the molecule is CCOC(=O)C1=C(C)NC(=S)N[C@H]1c1ccccc1OCC(=O)NN=Cc1cc(Cl)c(OCc2cccc(F)c2)c(OCC)c1. The van der Waals surface area contributed by atoms with Crippen molar-refractivity contribution in [3.63, 3.8) is 0 Å². The van der Waals surface area contributed by atoms with Crippen molar-refractivity contribution < 1.29 is 32.9 Å². The number of allylic oxidation sites excluding steroid dienone is 1. The Kier molecular flexibility index (Phi) is 11.7. The van der Waals surface area contributed by atoms with Crippen LogP contribution in [-0.4, -0.2) is 43.0 Å². The number of hydrogen-bond donors (Lipinski definition) is 3. The highest BCUT2D eigenvalue weighted by atomic mass is 35.5. The van der Waals surface area contributed by atoms with Gasteiger partial charge in [-0.05, 0) is 74.4 Å². The zero-order valence-corrected chi connectivity index (χ0v) is 26.4. The molecule has 4 rings (SSSR count). The molecule has 0 radical (unpaired) electrons. The first-order valence-electron chi connectivity index (χ1n) is 14.0. The van der Waals surface area contributed by atoms with E-state index in [-0.39, 0.29) is 30.7 Å². The molecule has 1 aliphatic rings. The van der Waals surface area contributed by atoms with E-state index in [0.29, 0.717) is 56.9 Å². The minimum Gasteiger partial charge on any atom is -0.490 e. The lowest BCUT2D eigenvalue weighted by atomic mass is 9.95. The molecule has 0 unspecified atom stereocenters. The first-order valence-corrected chi connectivity index (χ1v) is 14.8. The first kappa shape index (κ1) is 33.2. The summed E-state index contributed by atoms with van der Waals surface area (Å²) in [6.45, 7) is 5.55. The Hall–Kier alpha value is -4.68. The number of esters is 1. The Morgan fingerprint density at radius 2 is 1.84 bits per heavy atom. The van der Waals surface area contributed by atoms with E-state index in [1.165, 1.54) is 18.3 Å². The number of thiocarbonyl (C=S) groups is 1. The van der Waals surface area contributed by atoms with Crippen LogP contribution in [0.25, 0.3) is 0 Å². The fourth-order valence-electron chi connectivity index (χ4n) is 4.46. The quantitative estimate of drug-likeness (QED) is 0.0971. The third-order valence-electron chi connectivity index (χ3n) is 6.36. The second-order valence-corrected chi connectivity index (χ2v) is 10.4. The molecule has 0 bridgehead atoms. The van der Waals surface area contributed by atoms with Crippen molar-refractivity contribution in [2.75, 3.05) is 19.8 Å². The Morgan fingerprint density at radius 1 is 1.04 bits per heavy atom. The average Bonchev–Trinajstić information content (AvgIpc) is 2.99. The minimum atomic E-state index is -0.653. The fraction of sp³-hybridized carbons (Fsp3) is 0.250. The predicted molar refractivity (Wildman–Crippen MR) is 172 cm³/mol. The molecule has 10 nitrogen and oxygen atoms in total. The number of rotatable bonds is 13. The van der Waals surface area contributed by atoms with E-state index in [9.17, 15) is 14.0 Å². The molecule has 13 heteroatoms. The van der Waals surface area contributed by atoms with Crippen molar-refractivity contribution in [1.29, 1.82) is 0 Å². The molecule has 3 N–H and O–H groups in total. The number of amides is 1. The third-order valence-corrected chi connectivity index (χ3v) is 6.86. The summed E-state index contributed by atoms with van der Waals surface area (Å²) >= 11 is 11.8. The molecule has 3 aromatic carbocycles. The van der Waals surface area contributed by atoms with Crippen LogP contribution in [0.5, 0.6) is 17.2 Å². The normalized spacial score (nSPS) is 14.4. The van der Waals surface area contributed by atoms with Gasteiger partial charge in [-0.2, -0.15) is 5.10 Å². The second-order valence-electron chi connectivity index (χ2n) is 9.59. The van der Waals surface area contributed by atoms with Gasteiger partial charge in [-0.15, -0.1) is 0 Å². The van der Waals surface area contributed by atoms with E-state index in [4.69, 9.17) is 42.8 Å². The predicted octanol–water partition coefficient (Wildman–Crippen LogP) is 5.34. The van der Waals surface area contributed by atoms with E-state index in [1.807, 2.05) is 6.92 Å². The van der Waals surface area contributed by atoms with Gasteiger partial charge in [0.25, 0.3) is 5.91 Å². The molecule has 1 atom stereocenters. The van der Waals surface area contributed by atoms with Crippen LogP contribution < -0.4 is 30.3 Å². The molecule has 0 spiro atoms. The van der Waals surface area contributed by atoms with Gasteiger partial charge in [0.1, 0.15) is 18.2 Å². The van der Waals surface area contributed by atoms with Gasteiger partial charge in [0.2, 0.25) is 0 Å². The van der Waals surface area contributed by atoms with Crippen LogP contribution >= 0.6 is 23.8 Å². The van der Waals surface area contributed by atoms with Gasteiger partial charge in [-0.1, -0.05) is 41.9 Å². The van der Waals surface area contributed by atoms with E-state index in [2.05, 4.69) is 21.2 Å². The lowest BCUT2D eigenvalue weighted by Gasteiger charge is -2.30. The topological polar surface area (TPSA) is 120 Å². The zero-order valence-electron chi connectivity index (χ0n) is 24.8. The maximum atomic E-state index is 13.5. The molecule has 236 valence electrons. The Morgan fingerprint density at radius 3 is 2.60 bits per heavy atom. The lowest BCUT2D eigenvalue weighted by molar-refractivity contribution is -0.139. The van der Waals surface area contributed by atoms with E-state index < -0.39 is 17.9 Å². The second kappa shape index (κ2) is 15.9. The van der Waals surface area contributed by atoms with Crippen molar-refractivity contribution in [2.24, 2.45) is 5.10 Å². The highest BCUT2D eigenvalue weighted by Crippen LogP contribution is 2.37. The molecule has 0 saturated heterocycles. The molecule has 0 fully saturated rings. The Balaban J connectivity index is 1.41. The van der Waals surface area contributed by atoms with Crippen LogP contribution in [0.15, 0.2) is 77.0 Å². The van der Waals surface area contributed by atoms with Gasteiger partial charge in [-0.3, -0.25) is 4.79 Å². The molecule has 0 aliphatic carbocycles. The number of carbonyl (C=O) groups is 2. The largest absolute Gasteiger partial charge is 0.490 e. The number of halogens is 2. The molecule has 0 aromatic heterocycles. The average molecular weight is 655 g/mol. The Bertz CT molecular complexity index is 1630. The van der Waals surface area contributed by atoms with Crippen molar-refractivity contribution in [1.82, 2.24) is 16.1 Å². The van der Waals surface area contributed by atoms with E-state index >= 15 is 0 Å². The zero-order chi connectivity index (χ0) is 32.3. The smallest absolute Gasteiger partial charge is 0.338 e. The monoisotopic (exact) mass is 654 g/mol. The molecule has 0 saturated carbocycles. The number of ether oxygens (including phenoxy) is 4. The highest BCUT2D eigenvalue weighted by molar-refractivity contribution is 7.80. The number of hydrogen-bond acceptors (Lipinski definition) is 8. The summed E-state index contributed by atoms with van der Waals surface area (Å²) in [4.78, 5) is 25.4. The minimum absolute atomic E-state index is 0.0879. The number of hydrazone groups is 1. The van der Waals surface area contributed by atoms with Gasteiger partial charge in [0.15, 0.2) is 23.2 Å². The van der Waals surface area contributed by atoms with Crippen LogP contribution in [0.3, 0.4) is 0 Å². The summed E-state index contributed by atoms with van der Waals surface area (Å²) in [6, 6.07) is 15.7. The molecule has 1 aliphatic heterocycles. The summed E-state index contributed by atoms with van der Waals surface area (Å²) < 4.78 is 36.1. The maximum absolute atomic E-state index is 13.5. The maximum Gasteiger partial charge on any atom is 0.338 e. The highest BCUT2D eigenvalue weighted by Gasteiger charge is 2.32. The van der Waals surface area contributed by atoms with E-state index in [0.717, 1.165) is 0 Å². The number of benzene rings is 3.